The first-order valence-corrected chi connectivity index (χ1v) is 10.5. The molecular weight excluding hydrogens is 360 g/mol. The molecule has 0 unspecified atom stereocenters. The van der Waals surface area contributed by atoms with E-state index in [0.29, 0.717) is 18.8 Å². The third-order valence-corrected chi connectivity index (χ3v) is 5.12. The highest BCUT2D eigenvalue weighted by Crippen LogP contribution is 2.31. The van der Waals surface area contributed by atoms with E-state index in [1.54, 1.807) is 6.92 Å². The fraction of sp³-hybridized carbons (Fsp3) is 0.346. The van der Waals surface area contributed by atoms with E-state index in [-0.39, 0.29) is 5.97 Å². The summed E-state index contributed by atoms with van der Waals surface area (Å²) in [5.74, 6) is 0.629. The van der Waals surface area contributed by atoms with Crippen LogP contribution < -0.4 is 4.74 Å². The maximum absolute atomic E-state index is 11.3. The van der Waals surface area contributed by atoms with Gasteiger partial charge in [-0.15, -0.1) is 0 Å². The van der Waals surface area contributed by atoms with Crippen molar-refractivity contribution in [3.63, 3.8) is 0 Å². The molecule has 3 rings (SSSR count). The zero-order chi connectivity index (χ0) is 20.5. The zero-order valence-electron chi connectivity index (χ0n) is 17.3. The van der Waals surface area contributed by atoms with Crippen molar-refractivity contribution in [3.05, 3.63) is 77.4 Å². The first-order chi connectivity index (χ1) is 14.1. The Kier molecular flexibility index (Phi) is 7.69. The van der Waals surface area contributed by atoms with Crippen LogP contribution in [0.5, 0.6) is 5.75 Å². The van der Waals surface area contributed by atoms with Crippen LogP contribution >= 0.6 is 0 Å². The molecule has 2 aromatic carbocycles. The van der Waals surface area contributed by atoms with Crippen molar-refractivity contribution in [2.45, 2.75) is 45.4 Å². The average Bonchev–Trinajstić information content (AvgIpc) is 2.95. The number of ether oxygens (including phenoxy) is 2. The van der Waals surface area contributed by atoms with E-state index in [1.807, 2.05) is 0 Å². The summed E-state index contributed by atoms with van der Waals surface area (Å²) in [4.78, 5) is 11.3. The molecule has 29 heavy (non-hydrogen) atoms. The molecule has 0 atom stereocenters. The molecule has 3 nitrogen and oxygen atoms in total. The zero-order valence-corrected chi connectivity index (χ0v) is 17.3. The van der Waals surface area contributed by atoms with Crippen LogP contribution in [0.4, 0.5) is 0 Å². The number of allylic oxidation sites excluding steroid dienone is 1. The maximum atomic E-state index is 11.3. The summed E-state index contributed by atoms with van der Waals surface area (Å²) in [7, 11) is 0. The Hall–Kier alpha value is -2.81. The summed E-state index contributed by atoms with van der Waals surface area (Å²) in [5.41, 5.74) is 5.83. The molecule has 0 bridgehead atoms. The lowest BCUT2D eigenvalue weighted by molar-refractivity contribution is -0.139. The van der Waals surface area contributed by atoms with Crippen LogP contribution in [0.3, 0.4) is 0 Å². The third-order valence-electron chi connectivity index (χ3n) is 5.12. The number of unbranched alkanes of at least 4 members (excludes halogenated alkanes) is 2. The minimum atomic E-state index is -0.310. The molecule has 0 amide bonds. The van der Waals surface area contributed by atoms with Gasteiger partial charge >= 0.3 is 5.97 Å². The second-order valence-corrected chi connectivity index (χ2v) is 7.58. The van der Waals surface area contributed by atoms with Gasteiger partial charge in [-0.25, -0.2) is 4.79 Å². The molecule has 1 aliphatic carbocycles. The van der Waals surface area contributed by atoms with Crippen molar-refractivity contribution in [3.8, 4) is 5.75 Å². The van der Waals surface area contributed by atoms with Crippen LogP contribution in [-0.4, -0.2) is 19.2 Å². The molecule has 0 radical (unpaired) electrons. The molecule has 1 aliphatic rings. The summed E-state index contributed by atoms with van der Waals surface area (Å²) in [6.45, 7) is 6.36. The predicted molar refractivity (Wildman–Crippen MR) is 119 cm³/mol. The molecule has 3 heteroatoms. The lowest BCUT2D eigenvalue weighted by Crippen LogP contribution is -2.06. The van der Waals surface area contributed by atoms with Crippen molar-refractivity contribution in [2.75, 3.05) is 13.2 Å². The van der Waals surface area contributed by atoms with Gasteiger partial charge in [-0.1, -0.05) is 49.1 Å². The molecule has 0 saturated heterocycles. The lowest BCUT2D eigenvalue weighted by Gasteiger charge is -2.10. The monoisotopic (exact) mass is 390 g/mol. The van der Waals surface area contributed by atoms with Gasteiger partial charge in [-0.05, 0) is 79.8 Å². The van der Waals surface area contributed by atoms with Crippen LogP contribution in [0.25, 0.3) is 11.6 Å². The normalized spacial score (nSPS) is 13.1. The molecule has 0 N–H and O–H groups in total. The van der Waals surface area contributed by atoms with Gasteiger partial charge < -0.3 is 9.47 Å². The summed E-state index contributed by atoms with van der Waals surface area (Å²) in [5, 5.41) is 0. The van der Waals surface area contributed by atoms with Gasteiger partial charge in [-0.2, -0.15) is 0 Å². The number of esters is 1. The quantitative estimate of drug-likeness (QED) is 0.289. The highest BCUT2D eigenvalue weighted by Gasteiger charge is 2.11. The molecule has 0 spiro atoms. The van der Waals surface area contributed by atoms with E-state index in [2.05, 4.69) is 61.2 Å². The van der Waals surface area contributed by atoms with Gasteiger partial charge in [0, 0.05) is 5.57 Å². The Morgan fingerprint density at radius 2 is 1.79 bits per heavy atom. The van der Waals surface area contributed by atoms with Crippen molar-refractivity contribution >= 4 is 17.6 Å². The topological polar surface area (TPSA) is 35.5 Å². The summed E-state index contributed by atoms with van der Waals surface area (Å²) in [6.07, 6.45) is 8.42. The van der Waals surface area contributed by atoms with Crippen LogP contribution in [0, 0.1) is 0 Å². The molecule has 0 fully saturated rings. The van der Waals surface area contributed by atoms with Gasteiger partial charge in [0.25, 0.3) is 0 Å². The van der Waals surface area contributed by atoms with Gasteiger partial charge in [-0.3, -0.25) is 0 Å². The van der Waals surface area contributed by atoms with Gasteiger partial charge in [0.05, 0.1) is 13.2 Å². The first kappa shape index (κ1) is 20.9. The number of carbonyl (C=O) groups excluding carboxylic acids is 1. The average molecular weight is 391 g/mol. The number of benzene rings is 2. The van der Waals surface area contributed by atoms with E-state index in [9.17, 15) is 4.79 Å². The molecule has 0 aromatic heterocycles. The smallest absolute Gasteiger partial charge is 0.333 e. The molecule has 2 aromatic rings. The highest BCUT2D eigenvalue weighted by molar-refractivity contribution is 5.86. The van der Waals surface area contributed by atoms with Crippen molar-refractivity contribution in [2.24, 2.45) is 0 Å². The highest BCUT2D eigenvalue weighted by atomic mass is 16.5. The predicted octanol–water partition coefficient (Wildman–Crippen LogP) is 6.23. The Morgan fingerprint density at radius 3 is 2.59 bits per heavy atom. The fourth-order valence-corrected chi connectivity index (χ4v) is 3.50. The number of rotatable bonds is 9. The first-order valence-electron chi connectivity index (χ1n) is 10.5. The van der Waals surface area contributed by atoms with Crippen molar-refractivity contribution < 1.29 is 14.3 Å². The number of aryl methyl sites for hydroxylation is 1. The Balaban J connectivity index is 1.47. The second kappa shape index (κ2) is 10.7. The molecular formula is C26H30O3. The van der Waals surface area contributed by atoms with Crippen LogP contribution in [-0.2, 0) is 16.0 Å². The van der Waals surface area contributed by atoms with Gasteiger partial charge in [0.15, 0.2) is 0 Å². The maximum Gasteiger partial charge on any atom is 0.333 e. The number of hydrogen-bond donors (Lipinski definition) is 0. The van der Waals surface area contributed by atoms with Gasteiger partial charge in [0.2, 0.25) is 0 Å². The van der Waals surface area contributed by atoms with Crippen molar-refractivity contribution in [1.82, 2.24) is 0 Å². The number of fused-ring (bicyclic) bond motifs is 1. The Morgan fingerprint density at radius 1 is 1.00 bits per heavy atom. The minimum Gasteiger partial charge on any atom is -0.494 e. The number of carbonyl (C=O) groups is 1. The second-order valence-electron chi connectivity index (χ2n) is 7.58. The molecule has 152 valence electrons. The van der Waals surface area contributed by atoms with E-state index in [0.717, 1.165) is 44.3 Å². The lowest BCUT2D eigenvalue weighted by atomic mass is 10.0. The summed E-state index contributed by atoms with van der Waals surface area (Å²) >= 11 is 0. The van der Waals surface area contributed by atoms with Crippen LogP contribution in [0.15, 0.2) is 60.7 Å². The van der Waals surface area contributed by atoms with E-state index in [4.69, 9.17) is 9.47 Å². The van der Waals surface area contributed by atoms with Gasteiger partial charge in [0.1, 0.15) is 5.75 Å². The van der Waals surface area contributed by atoms with Crippen LogP contribution in [0.1, 0.15) is 55.7 Å². The summed E-state index contributed by atoms with van der Waals surface area (Å²) in [6, 6.07) is 17.1. The minimum absolute atomic E-state index is 0.310. The molecule has 0 saturated carbocycles. The Labute approximate surface area is 174 Å². The SMILES string of the molecule is C=C(C)C(=O)OCCCCCOc1ccc2c(c1)CCCC(c1ccccc1)=C2. The molecule has 0 heterocycles. The van der Waals surface area contributed by atoms with Crippen molar-refractivity contribution in [1.29, 1.82) is 0 Å². The number of hydrogen-bond acceptors (Lipinski definition) is 3. The largest absolute Gasteiger partial charge is 0.494 e. The fourth-order valence-electron chi connectivity index (χ4n) is 3.50. The third kappa shape index (κ3) is 6.35. The molecule has 0 aliphatic heterocycles. The van der Waals surface area contributed by atoms with E-state index < -0.39 is 0 Å². The Bertz CT molecular complexity index is 865. The standard InChI is InChI=1S/C26H30O3/c1-20(2)26(27)29-17-8-4-7-16-28-25-15-14-24-18-22(12-9-13-23(24)19-25)21-10-5-3-6-11-21/h3,5-6,10-11,14-15,18-19H,1,4,7-9,12-13,16-17H2,2H3. The summed E-state index contributed by atoms with van der Waals surface area (Å²) < 4.78 is 11.0. The van der Waals surface area contributed by atoms with Crippen LogP contribution in [0.2, 0.25) is 0 Å². The van der Waals surface area contributed by atoms with E-state index in [1.165, 1.54) is 22.3 Å². The van der Waals surface area contributed by atoms with E-state index >= 15 is 0 Å².